The van der Waals surface area contributed by atoms with E-state index in [1.54, 1.807) is 0 Å². The zero-order valence-electron chi connectivity index (χ0n) is 19.2. The summed E-state index contributed by atoms with van der Waals surface area (Å²) >= 11 is 1.20. The SMILES string of the molecule is Cc1cccc(CC2SC(=C(C#N)C(=O)NCCc3ccccc3)N(c3ccc(F)cc3)C2=O)c1. The van der Waals surface area contributed by atoms with Crippen LogP contribution in [0.1, 0.15) is 16.7 Å². The topological polar surface area (TPSA) is 73.2 Å². The quantitative estimate of drug-likeness (QED) is 0.381. The first kappa shape index (κ1) is 24.2. The summed E-state index contributed by atoms with van der Waals surface area (Å²) in [6.07, 6.45) is 1.06. The number of anilines is 1. The van der Waals surface area contributed by atoms with Crippen LogP contribution in [0.3, 0.4) is 0 Å². The van der Waals surface area contributed by atoms with Crippen molar-refractivity contribution in [1.29, 1.82) is 5.26 Å². The lowest BCUT2D eigenvalue weighted by Crippen LogP contribution is -2.32. The molecule has 1 aliphatic rings. The van der Waals surface area contributed by atoms with Crippen molar-refractivity contribution in [2.75, 3.05) is 11.4 Å². The van der Waals surface area contributed by atoms with Gasteiger partial charge in [0.15, 0.2) is 0 Å². The Morgan fingerprint density at radius 2 is 1.77 bits per heavy atom. The van der Waals surface area contributed by atoms with Crippen molar-refractivity contribution >= 4 is 29.3 Å². The monoisotopic (exact) mass is 485 g/mol. The summed E-state index contributed by atoms with van der Waals surface area (Å²) in [6.45, 7) is 2.33. The van der Waals surface area contributed by atoms with Crippen LogP contribution in [0.5, 0.6) is 0 Å². The first-order chi connectivity index (χ1) is 17.0. The fourth-order valence-corrected chi connectivity index (χ4v) is 5.23. The van der Waals surface area contributed by atoms with Gasteiger partial charge >= 0.3 is 0 Å². The molecule has 1 heterocycles. The van der Waals surface area contributed by atoms with Crippen molar-refractivity contribution in [2.24, 2.45) is 0 Å². The minimum atomic E-state index is -0.540. The largest absolute Gasteiger partial charge is 0.351 e. The molecule has 0 aromatic heterocycles. The highest BCUT2D eigenvalue weighted by Crippen LogP contribution is 2.42. The van der Waals surface area contributed by atoms with E-state index in [9.17, 15) is 19.2 Å². The van der Waals surface area contributed by atoms with Crippen LogP contribution in [-0.4, -0.2) is 23.6 Å². The van der Waals surface area contributed by atoms with Crippen molar-refractivity contribution in [1.82, 2.24) is 5.32 Å². The number of carbonyl (C=O) groups is 2. The normalized spacial score (nSPS) is 16.7. The molecule has 1 aliphatic heterocycles. The van der Waals surface area contributed by atoms with Gasteiger partial charge in [-0.05, 0) is 55.2 Å². The van der Waals surface area contributed by atoms with Gasteiger partial charge in [-0.25, -0.2) is 4.39 Å². The lowest BCUT2D eigenvalue weighted by atomic mass is 10.1. The number of amides is 2. The van der Waals surface area contributed by atoms with E-state index in [1.165, 1.54) is 40.9 Å². The highest BCUT2D eigenvalue weighted by atomic mass is 32.2. The third kappa shape index (κ3) is 5.79. The summed E-state index contributed by atoms with van der Waals surface area (Å²) < 4.78 is 13.6. The van der Waals surface area contributed by atoms with Crippen LogP contribution in [0.4, 0.5) is 10.1 Å². The van der Waals surface area contributed by atoms with Crippen molar-refractivity contribution < 1.29 is 14.0 Å². The second-order valence-corrected chi connectivity index (χ2v) is 9.42. The molecule has 0 saturated carbocycles. The first-order valence-corrected chi connectivity index (χ1v) is 12.1. The van der Waals surface area contributed by atoms with E-state index in [0.29, 0.717) is 25.1 Å². The first-order valence-electron chi connectivity index (χ1n) is 11.2. The smallest absolute Gasteiger partial charge is 0.264 e. The molecule has 7 heteroatoms. The number of hydrogen-bond acceptors (Lipinski definition) is 4. The van der Waals surface area contributed by atoms with Gasteiger partial charge in [0.1, 0.15) is 22.5 Å². The van der Waals surface area contributed by atoms with Crippen LogP contribution in [0, 0.1) is 24.1 Å². The van der Waals surface area contributed by atoms with Crippen LogP contribution >= 0.6 is 11.8 Å². The highest BCUT2D eigenvalue weighted by molar-refractivity contribution is 8.05. The summed E-state index contributed by atoms with van der Waals surface area (Å²) in [5.41, 5.74) is 3.42. The minimum Gasteiger partial charge on any atom is -0.351 e. The standard InChI is InChI=1S/C28H24FN3O2S/c1-19-6-5-9-21(16-19)17-25-27(34)32(23-12-10-22(29)11-13-23)28(35-25)24(18-30)26(33)31-15-14-20-7-3-2-4-8-20/h2-13,16,25H,14-15,17H2,1H3,(H,31,33). The van der Waals surface area contributed by atoms with E-state index in [2.05, 4.69) is 5.32 Å². The van der Waals surface area contributed by atoms with E-state index in [1.807, 2.05) is 67.6 Å². The van der Waals surface area contributed by atoms with Crippen LogP contribution in [0.25, 0.3) is 0 Å². The zero-order valence-corrected chi connectivity index (χ0v) is 20.0. The molecule has 176 valence electrons. The van der Waals surface area contributed by atoms with Crippen LogP contribution < -0.4 is 10.2 Å². The van der Waals surface area contributed by atoms with Gasteiger partial charge in [-0.2, -0.15) is 5.26 Å². The molecule has 1 unspecified atom stereocenters. The molecule has 0 aliphatic carbocycles. The summed E-state index contributed by atoms with van der Waals surface area (Å²) in [6, 6.07) is 25.0. The molecule has 0 spiro atoms. The lowest BCUT2D eigenvalue weighted by Gasteiger charge is -2.18. The second-order valence-electron chi connectivity index (χ2n) is 8.23. The molecule has 1 saturated heterocycles. The average molecular weight is 486 g/mol. The molecule has 5 nitrogen and oxygen atoms in total. The van der Waals surface area contributed by atoms with E-state index < -0.39 is 17.0 Å². The average Bonchev–Trinajstić information content (AvgIpc) is 3.16. The van der Waals surface area contributed by atoms with Gasteiger partial charge in [0, 0.05) is 12.2 Å². The summed E-state index contributed by atoms with van der Waals surface area (Å²) in [7, 11) is 0. The molecule has 0 radical (unpaired) electrons. The molecular formula is C28H24FN3O2S. The highest BCUT2D eigenvalue weighted by Gasteiger charge is 2.40. The van der Waals surface area contributed by atoms with E-state index in [4.69, 9.17) is 0 Å². The van der Waals surface area contributed by atoms with Crippen molar-refractivity contribution in [2.45, 2.75) is 25.0 Å². The van der Waals surface area contributed by atoms with Crippen LogP contribution in [0.2, 0.25) is 0 Å². The Bertz CT molecular complexity index is 1300. The number of rotatable bonds is 7. The third-order valence-electron chi connectivity index (χ3n) is 5.64. The Morgan fingerprint density at radius 3 is 2.46 bits per heavy atom. The van der Waals surface area contributed by atoms with Crippen molar-refractivity contribution in [3.63, 3.8) is 0 Å². The lowest BCUT2D eigenvalue weighted by molar-refractivity contribution is -0.117. The number of hydrogen-bond donors (Lipinski definition) is 1. The fourth-order valence-electron chi connectivity index (χ4n) is 3.92. The Hall–Kier alpha value is -3.89. The number of nitriles is 1. The molecule has 2 amide bonds. The number of halogens is 1. The number of benzene rings is 3. The maximum Gasteiger partial charge on any atom is 0.264 e. The molecule has 4 rings (SSSR count). The Labute approximate surface area is 208 Å². The predicted molar refractivity (Wildman–Crippen MR) is 136 cm³/mol. The van der Waals surface area contributed by atoms with E-state index in [0.717, 1.165) is 16.7 Å². The van der Waals surface area contributed by atoms with Gasteiger partial charge in [-0.3, -0.25) is 14.5 Å². The molecule has 1 N–H and O–H groups in total. The fraction of sp³-hybridized carbons (Fsp3) is 0.179. The number of nitrogens with one attached hydrogen (secondary N) is 1. The summed E-state index contributed by atoms with van der Waals surface area (Å²) in [5.74, 6) is -1.22. The third-order valence-corrected chi connectivity index (χ3v) is 6.90. The Morgan fingerprint density at radius 1 is 1.06 bits per heavy atom. The van der Waals surface area contributed by atoms with Gasteiger partial charge in [0.25, 0.3) is 5.91 Å². The van der Waals surface area contributed by atoms with Gasteiger partial charge in [0.05, 0.1) is 5.25 Å². The number of aryl methyl sites for hydroxylation is 1. The second kappa shape index (κ2) is 11.0. The van der Waals surface area contributed by atoms with Crippen LogP contribution in [0.15, 0.2) is 89.5 Å². The van der Waals surface area contributed by atoms with E-state index >= 15 is 0 Å². The molecular weight excluding hydrogens is 461 g/mol. The molecule has 1 atom stereocenters. The Kier molecular flexibility index (Phi) is 7.64. The predicted octanol–water partition coefficient (Wildman–Crippen LogP) is 4.92. The van der Waals surface area contributed by atoms with Crippen molar-refractivity contribution in [3.05, 3.63) is 112 Å². The maximum atomic E-state index is 13.6. The van der Waals surface area contributed by atoms with Gasteiger partial charge in [-0.15, -0.1) is 0 Å². The molecule has 3 aromatic carbocycles. The van der Waals surface area contributed by atoms with E-state index in [-0.39, 0.29) is 16.5 Å². The van der Waals surface area contributed by atoms with Crippen molar-refractivity contribution in [3.8, 4) is 6.07 Å². The number of thioether (sulfide) groups is 1. The zero-order chi connectivity index (χ0) is 24.8. The summed E-state index contributed by atoms with van der Waals surface area (Å²) in [5, 5.41) is 12.4. The molecule has 0 bridgehead atoms. The number of nitrogens with zero attached hydrogens (tertiary/aromatic N) is 2. The Balaban J connectivity index is 1.62. The van der Waals surface area contributed by atoms with Gasteiger partial charge < -0.3 is 5.32 Å². The molecule has 1 fully saturated rings. The van der Waals surface area contributed by atoms with Crippen LogP contribution in [-0.2, 0) is 22.4 Å². The van der Waals surface area contributed by atoms with Gasteiger partial charge in [-0.1, -0.05) is 71.9 Å². The van der Waals surface area contributed by atoms with Gasteiger partial charge in [0.2, 0.25) is 5.91 Å². The maximum absolute atomic E-state index is 13.6. The molecule has 35 heavy (non-hydrogen) atoms. The number of carbonyl (C=O) groups excluding carboxylic acids is 2. The summed E-state index contributed by atoms with van der Waals surface area (Å²) in [4.78, 5) is 27.8. The minimum absolute atomic E-state index is 0.132. The molecule has 3 aromatic rings.